The van der Waals surface area contributed by atoms with Gasteiger partial charge in [-0.2, -0.15) is 0 Å². The molecule has 0 aliphatic heterocycles. The Balaban J connectivity index is 2.49. The lowest BCUT2D eigenvalue weighted by Crippen LogP contribution is -2.40. The standard InChI is InChI=1S/C13H25NO/c1-5-14(11-8-6-7-9-11)10-12(15)13(2,3)4/h11H,5-10H2,1-4H3. The van der Waals surface area contributed by atoms with Crippen LogP contribution in [0, 0.1) is 5.41 Å². The van der Waals surface area contributed by atoms with E-state index in [0.717, 1.165) is 6.54 Å². The molecule has 88 valence electrons. The molecule has 0 heterocycles. The summed E-state index contributed by atoms with van der Waals surface area (Å²) in [6.07, 6.45) is 5.24. The number of carbonyl (C=O) groups is 1. The van der Waals surface area contributed by atoms with Crippen LogP contribution in [0.5, 0.6) is 0 Å². The highest BCUT2D eigenvalue weighted by Crippen LogP contribution is 2.24. The molecule has 0 amide bonds. The maximum atomic E-state index is 11.9. The highest BCUT2D eigenvalue weighted by Gasteiger charge is 2.27. The SMILES string of the molecule is CCN(CC(=O)C(C)(C)C)C1CCCC1. The van der Waals surface area contributed by atoms with E-state index in [-0.39, 0.29) is 5.41 Å². The Morgan fingerprint density at radius 1 is 1.27 bits per heavy atom. The largest absolute Gasteiger partial charge is 0.298 e. The number of hydrogen-bond acceptors (Lipinski definition) is 2. The topological polar surface area (TPSA) is 20.3 Å². The molecule has 15 heavy (non-hydrogen) atoms. The van der Waals surface area contributed by atoms with Gasteiger partial charge < -0.3 is 0 Å². The molecule has 0 atom stereocenters. The van der Waals surface area contributed by atoms with Gasteiger partial charge in [-0.3, -0.25) is 9.69 Å². The molecule has 1 fully saturated rings. The van der Waals surface area contributed by atoms with Crippen molar-refractivity contribution < 1.29 is 4.79 Å². The van der Waals surface area contributed by atoms with Crippen LogP contribution in [-0.4, -0.2) is 29.8 Å². The van der Waals surface area contributed by atoms with Gasteiger partial charge in [0.15, 0.2) is 5.78 Å². The molecule has 0 aromatic heterocycles. The summed E-state index contributed by atoms with van der Waals surface area (Å²) in [5.74, 6) is 0.372. The minimum Gasteiger partial charge on any atom is -0.298 e. The van der Waals surface area contributed by atoms with Crippen molar-refractivity contribution in [3.05, 3.63) is 0 Å². The minimum absolute atomic E-state index is 0.188. The number of rotatable bonds is 4. The molecule has 0 unspecified atom stereocenters. The second kappa shape index (κ2) is 5.11. The van der Waals surface area contributed by atoms with E-state index in [1.165, 1.54) is 25.7 Å². The first-order chi connectivity index (χ1) is 6.95. The summed E-state index contributed by atoms with van der Waals surface area (Å²) in [6.45, 7) is 9.85. The van der Waals surface area contributed by atoms with Gasteiger partial charge in [-0.15, -0.1) is 0 Å². The van der Waals surface area contributed by atoms with E-state index in [0.29, 0.717) is 18.4 Å². The lowest BCUT2D eigenvalue weighted by Gasteiger charge is -2.29. The van der Waals surface area contributed by atoms with Crippen LogP contribution in [0.2, 0.25) is 0 Å². The molecule has 0 spiro atoms. The van der Waals surface area contributed by atoms with E-state index < -0.39 is 0 Å². The van der Waals surface area contributed by atoms with Crippen LogP contribution in [0.3, 0.4) is 0 Å². The van der Waals surface area contributed by atoms with E-state index in [4.69, 9.17) is 0 Å². The summed E-state index contributed by atoms with van der Waals surface area (Å²) >= 11 is 0. The highest BCUT2D eigenvalue weighted by atomic mass is 16.1. The predicted octanol–water partition coefficient (Wildman–Crippen LogP) is 2.87. The monoisotopic (exact) mass is 211 g/mol. The van der Waals surface area contributed by atoms with Gasteiger partial charge in [0.1, 0.15) is 0 Å². The van der Waals surface area contributed by atoms with E-state index >= 15 is 0 Å². The molecule has 0 bridgehead atoms. The van der Waals surface area contributed by atoms with Gasteiger partial charge in [0.05, 0.1) is 6.54 Å². The zero-order valence-corrected chi connectivity index (χ0v) is 10.7. The third-order valence-corrected chi connectivity index (χ3v) is 3.43. The Bertz CT molecular complexity index is 211. The van der Waals surface area contributed by atoms with Crippen molar-refractivity contribution in [1.29, 1.82) is 0 Å². The van der Waals surface area contributed by atoms with Gasteiger partial charge in [-0.05, 0) is 19.4 Å². The first-order valence-corrected chi connectivity index (χ1v) is 6.22. The maximum Gasteiger partial charge on any atom is 0.152 e. The summed E-state index contributed by atoms with van der Waals surface area (Å²) in [4.78, 5) is 14.3. The van der Waals surface area contributed by atoms with Crippen LogP contribution in [0.4, 0.5) is 0 Å². The van der Waals surface area contributed by atoms with Gasteiger partial charge in [-0.1, -0.05) is 40.5 Å². The van der Waals surface area contributed by atoms with Crippen molar-refractivity contribution in [1.82, 2.24) is 4.90 Å². The van der Waals surface area contributed by atoms with Crippen molar-refractivity contribution >= 4 is 5.78 Å². The average Bonchev–Trinajstić information content (AvgIpc) is 2.64. The molecule has 0 saturated heterocycles. The smallest absolute Gasteiger partial charge is 0.152 e. The Morgan fingerprint density at radius 3 is 2.20 bits per heavy atom. The highest BCUT2D eigenvalue weighted by molar-refractivity contribution is 5.85. The fraction of sp³-hybridized carbons (Fsp3) is 0.923. The van der Waals surface area contributed by atoms with E-state index in [1.54, 1.807) is 0 Å². The normalized spacial score (nSPS) is 18.7. The molecule has 0 N–H and O–H groups in total. The summed E-state index contributed by atoms with van der Waals surface area (Å²) < 4.78 is 0. The first kappa shape index (κ1) is 12.7. The van der Waals surface area contributed by atoms with Crippen LogP contribution in [-0.2, 0) is 4.79 Å². The third-order valence-electron chi connectivity index (χ3n) is 3.43. The minimum atomic E-state index is -0.188. The van der Waals surface area contributed by atoms with Crippen LogP contribution < -0.4 is 0 Å². The molecular formula is C13H25NO. The molecule has 0 aromatic rings. The molecular weight excluding hydrogens is 186 g/mol. The summed E-state index contributed by atoms with van der Waals surface area (Å²) in [6, 6.07) is 0.668. The van der Waals surface area contributed by atoms with Crippen LogP contribution in [0.15, 0.2) is 0 Å². The Morgan fingerprint density at radius 2 is 1.80 bits per heavy atom. The lowest BCUT2D eigenvalue weighted by atomic mass is 9.90. The van der Waals surface area contributed by atoms with Crippen LogP contribution in [0.25, 0.3) is 0 Å². The molecule has 0 aromatic carbocycles. The van der Waals surface area contributed by atoms with Gasteiger partial charge in [0, 0.05) is 11.5 Å². The molecule has 0 radical (unpaired) electrons. The number of Topliss-reactive ketones (excluding diaryl/α,β-unsaturated/α-hetero) is 1. The van der Waals surface area contributed by atoms with Gasteiger partial charge in [0.25, 0.3) is 0 Å². The Hall–Kier alpha value is -0.370. The second-order valence-corrected chi connectivity index (χ2v) is 5.67. The molecule has 2 heteroatoms. The lowest BCUT2D eigenvalue weighted by molar-refractivity contribution is -0.128. The quantitative estimate of drug-likeness (QED) is 0.712. The van der Waals surface area contributed by atoms with E-state index in [1.807, 2.05) is 20.8 Å². The third kappa shape index (κ3) is 3.60. The van der Waals surface area contributed by atoms with Gasteiger partial charge >= 0.3 is 0 Å². The van der Waals surface area contributed by atoms with Crippen molar-refractivity contribution in [3.63, 3.8) is 0 Å². The average molecular weight is 211 g/mol. The second-order valence-electron chi connectivity index (χ2n) is 5.67. The molecule has 1 aliphatic carbocycles. The van der Waals surface area contributed by atoms with E-state index in [9.17, 15) is 4.79 Å². The summed E-state index contributed by atoms with van der Waals surface area (Å²) in [5, 5.41) is 0. The molecule has 1 rings (SSSR count). The zero-order chi connectivity index (χ0) is 11.5. The van der Waals surface area contributed by atoms with Crippen LogP contribution in [0.1, 0.15) is 53.4 Å². The van der Waals surface area contributed by atoms with Crippen molar-refractivity contribution in [3.8, 4) is 0 Å². The number of carbonyl (C=O) groups excluding carboxylic acids is 1. The number of nitrogens with zero attached hydrogens (tertiary/aromatic N) is 1. The first-order valence-electron chi connectivity index (χ1n) is 6.22. The summed E-state index contributed by atoms with van der Waals surface area (Å²) in [5.41, 5.74) is -0.188. The fourth-order valence-corrected chi connectivity index (χ4v) is 2.19. The molecule has 1 aliphatic rings. The fourth-order valence-electron chi connectivity index (χ4n) is 2.19. The molecule has 1 saturated carbocycles. The number of hydrogen-bond donors (Lipinski definition) is 0. The van der Waals surface area contributed by atoms with Gasteiger partial charge in [0.2, 0.25) is 0 Å². The van der Waals surface area contributed by atoms with Gasteiger partial charge in [-0.25, -0.2) is 0 Å². The van der Waals surface area contributed by atoms with Crippen molar-refractivity contribution in [2.45, 2.75) is 59.4 Å². The summed E-state index contributed by atoms with van der Waals surface area (Å²) in [7, 11) is 0. The van der Waals surface area contributed by atoms with E-state index in [2.05, 4.69) is 11.8 Å². The molecule has 2 nitrogen and oxygen atoms in total. The van der Waals surface area contributed by atoms with Crippen molar-refractivity contribution in [2.24, 2.45) is 5.41 Å². The zero-order valence-electron chi connectivity index (χ0n) is 10.7. The maximum absolute atomic E-state index is 11.9. The predicted molar refractivity (Wildman–Crippen MR) is 64.0 cm³/mol. The Kier molecular flexibility index (Phi) is 4.32. The Labute approximate surface area is 94.0 Å². The number of likely N-dealkylation sites (N-methyl/N-ethyl adjacent to an activating group) is 1. The van der Waals surface area contributed by atoms with Crippen molar-refractivity contribution in [2.75, 3.05) is 13.1 Å². The number of ketones is 1. The van der Waals surface area contributed by atoms with Crippen LogP contribution >= 0.6 is 0 Å².